The average Bonchev–Trinajstić information content (AvgIpc) is 3.22. The highest BCUT2D eigenvalue weighted by Gasteiger charge is 2.32. The quantitative estimate of drug-likeness (QED) is 0.793. The Morgan fingerprint density at radius 2 is 1.97 bits per heavy atom. The second-order valence-corrected chi connectivity index (χ2v) is 10.0. The lowest BCUT2D eigenvalue weighted by Crippen LogP contribution is -2.50. The van der Waals surface area contributed by atoms with Crippen molar-refractivity contribution in [3.63, 3.8) is 0 Å². The molecule has 2 amide bonds. The van der Waals surface area contributed by atoms with Crippen molar-refractivity contribution in [3.05, 3.63) is 42.4 Å². The van der Waals surface area contributed by atoms with Crippen LogP contribution in [0, 0.1) is 5.92 Å². The molecule has 2 aliphatic rings. The molecule has 2 aliphatic heterocycles. The summed E-state index contributed by atoms with van der Waals surface area (Å²) >= 11 is 1.53. The molecule has 0 bridgehead atoms. The Morgan fingerprint density at radius 3 is 2.66 bits per heavy atom. The van der Waals surface area contributed by atoms with Crippen LogP contribution in [0.4, 0.5) is 5.69 Å². The van der Waals surface area contributed by atoms with Crippen molar-refractivity contribution in [2.24, 2.45) is 5.92 Å². The minimum absolute atomic E-state index is 0.115. The Kier molecular flexibility index (Phi) is 5.41. The summed E-state index contributed by atoms with van der Waals surface area (Å²) in [5.74, 6) is 0.389. The summed E-state index contributed by atoms with van der Waals surface area (Å²) in [5.41, 5.74) is 0.525. The van der Waals surface area contributed by atoms with Crippen molar-refractivity contribution in [2.45, 2.75) is 16.7 Å². The van der Waals surface area contributed by atoms with Gasteiger partial charge in [0, 0.05) is 42.7 Å². The van der Waals surface area contributed by atoms with E-state index in [1.807, 2.05) is 6.92 Å². The highest BCUT2D eigenvalue weighted by molar-refractivity contribution is 7.99. The number of sulfonamides is 1. The number of anilines is 1. The van der Waals surface area contributed by atoms with Gasteiger partial charge in [-0.3, -0.25) is 9.59 Å². The molecule has 2 aromatic rings. The minimum Gasteiger partial charge on any atom is -0.459 e. The van der Waals surface area contributed by atoms with Crippen LogP contribution in [0.15, 0.2) is 50.8 Å². The third-order valence-electron chi connectivity index (χ3n) is 5.04. The number of nitrogens with zero attached hydrogens (tertiary/aromatic N) is 2. The molecule has 1 unspecified atom stereocenters. The Bertz CT molecular complexity index is 1030. The normalized spacial score (nSPS) is 20.7. The molecule has 1 N–H and O–H groups in total. The minimum atomic E-state index is -3.73. The molecule has 1 atom stereocenters. The molecule has 10 heteroatoms. The van der Waals surface area contributed by atoms with Gasteiger partial charge in [0.2, 0.25) is 15.9 Å². The predicted octanol–water partition coefficient (Wildman–Crippen LogP) is 2.11. The van der Waals surface area contributed by atoms with Crippen LogP contribution < -0.4 is 5.32 Å². The highest BCUT2D eigenvalue weighted by Crippen LogP contribution is 2.34. The number of hydrogen-bond acceptors (Lipinski definition) is 6. The Balaban J connectivity index is 1.49. The maximum atomic E-state index is 13.1. The fraction of sp³-hybridized carbons (Fsp3) is 0.368. The lowest BCUT2D eigenvalue weighted by atomic mass is 10.2. The number of benzene rings is 1. The van der Waals surface area contributed by atoms with Crippen molar-refractivity contribution in [3.8, 4) is 0 Å². The third kappa shape index (κ3) is 3.92. The number of piperazine rings is 1. The summed E-state index contributed by atoms with van der Waals surface area (Å²) < 4.78 is 32.7. The van der Waals surface area contributed by atoms with Crippen LogP contribution in [-0.4, -0.2) is 61.4 Å². The van der Waals surface area contributed by atoms with E-state index in [1.54, 1.807) is 29.2 Å². The van der Waals surface area contributed by atoms with Crippen LogP contribution >= 0.6 is 11.8 Å². The van der Waals surface area contributed by atoms with Crippen LogP contribution in [0.5, 0.6) is 0 Å². The molecule has 0 aliphatic carbocycles. The van der Waals surface area contributed by atoms with Gasteiger partial charge >= 0.3 is 0 Å². The van der Waals surface area contributed by atoms with Gasteiger partial charge in [0.1, 0.15) is 0 Å². The van der Waals surface area contributed by atoms with Crippen LogP contribution in [0.2, 0.25) is 0 Å². The molecule has 0 saturated carbocycles. The summed E-state index contributed by atoms with van der Waals surface area (Å²) in [6.45, 7) is 2.81. The van der Waals surface area contributed by atoms with Gasteiger partial charge in [0.25, 0.3) is 5.91 Å². The van der Waals surface area contributed by atoms with E-state index < -0.39 is 10.0 Å². The van der Waals surface area contributed by atoms with E-state index in [-0.39, 0.29) is 54.6 Å². The topological polar surface area (TPSA) is 99.9 Å². The summed E-state index contributed by atoms with van der Waals surface area (Å²) in [7, 11) is -3.73. The number of carbonyl (C=O) groups excluding carboxylic acids is 2. The third-order valence-corrected chi connectivity index (χ3v) is 8.27. The molecule has 8 nitrogen and oxygen atoms in total. The van der Waals surface area contributed by atoms with E-state index >= 15 is 0 Å². The maximum Gasteiger partial charge on any atom is 0.289 e. The molecule has 1 aromatic heterocycles. The first-order chi connectivity index (χ1) is 13.9. The number of thioether (sulfide) groups is 1. The largest absolute Gasteiger partial charge is 0.459 e. The van der Waals surface area contributed by atoms with Crippen LogP contribution in [0.1, 0.15) is 17.5 Å². The summed E-state index contributed by atoms with van der Waals surface area (Å²) in [6.07, 6.45) is 1.43. The van der Waals surface area contributed by atoms with Gasteiger partial charge in [-0.1, -0.05) is 6.92 Å². The summed E-state index contributed by atoms with van der Waals surface area (Å²) in [6, 6.07) is 8.07. The predicted molar refractivity (Wildman–Crippen MR) is 108 cm³/mol. The maximum absolute atomic E-state index is 13.1. The van der Waals surface area contributed by atoms with Gasteiger partial charge in [-0.05, 0) is 30.3 Å². The van der Waals surface area contributed by atoms with Crippen molar-refractivity contribution < 1.29 is 22.4 Å². The van der Waals surface area contributed by atoms with E-state index in [0.717, 1.165) is 4.90 Å². The number of amides is 2. The van der Waals surface area contributed by atoms with Gasteiger partial charge in [0.05, 0.1) is 16.8 Å². The fourth-order valence-electron chi connectivity index (χ4n) is 3.28. The van der Waals surface area contributed by atoms with E-state index in [4.69, 9.17) is 4.42 Å². The van der Waals surface area contributed by atoms with Gasteiger partial charge in [-0.25, -0.2) is 8.42 Å². The van der Waals surface area contributed by atoms with E-state index in [2.05, 4.69) is 5.32 Å². The van der Waals surface area contributed by atoms with E-state index in [9.17, 15) is 18.0 Å². The number of furan rings is 1. The average molecular weight is 436 g/mol. The number of carbonyl (C=O) groups is 2. The monoisotopic (exact) mass is 435 g/mol. The Labute approximate surface area is 173 Å². The summed E-state index contributed by atoms with van der Waals surface area (Å²) in [4.78, 5) is 27.0. The first-order valence-corrected chi connectivity index (χ1v) is 11.7. The van der Waals surface area contributed by atoms with Gasteiger partial charge in [-0.2, -0.15) is 4.31 Å². The lowest BCUT2D eigenvalue weighted by molar-refractivity contribution is -0.118. The second kappa shape index (κ2) is 7.85. The molecule has 0 radical (unpaired) electrons. The zero-order valence-corrected chi connectivity index (χ0v) is 17.5. The van der Waals surface area contributed by atoms with E-state index in [0.29, 0.717) is 11.4 Å². The van der Waals surface area contributed by atoms with Crippen molar-refractivity contribution in [2.75, 3.05) is 37.2 Å². The smallest absolute Gasteiger partial charge is 0.289 e. The SMILES string of the molecule is CC1CSc2ccc(S(=O)(=O)N3CCN(C(=O)c4ccco4)CC3)cc2NC1=O. The summed E-state index contributed by atoms with van der Waals surface area (Å²) in [5, 5.41) is 2.82. The number of nitrogens with one attached hydrogen (secondary N) is 1. The highest BCUT2D eigenvalue weighted by atomic mass is 32.2. The number of rotatable bonds is 3. The molecule has 154 valence electrons. The van der Waals surface area contributed by atoms with Crippen LogP contribution in [-0.2, 0) is 14.8 Å². The fourth-order valence-corrected chi connectivity index (χ4v) is 5.74. The molecule has 3 heterocycles. The molecule has 1 saturated heterocycles. The van der Waals surface area contributed by atoms with Crippen molar-refractivity contribution in [1.29, 1.82) is 0 Å². The molecule has 1 aromatic carbocycles. The van der Waals surface area contributed by atoms with Gasteiger partial charge < -0.3 is 14.6 Å². The molecule has 29 heavy (non-hydrogen) atoms. The van der Waals surface area contributed by atoms with Crippen molar-refractivity contribution in [1.82, 2.24) is 9.21 Å². The number of fused-ring (bicyclic) bond motifs is 1. The molecule has 1 fully saturated rings. The lowest BCUT2D eigenvalue weighted by Gasteiger charge is -2.33. The molecule has 0 spiro atoms. The molecular weight excluding hydrogens is 414 g/mol. The zero-order chi connectivity index (χ0) is 20.6. The van der Waals surface area contributed by atoms with Gasteiger partial charge in [-0.15, -0.1) is 11.8 Å². The van der Waals surface area contributed by atoms with Crippen LogP contribution in [0.3, 0.4) is 0 Å². The second-order valence-electron chi connectivity index (χ2n) is 7.03. The Morgan fingerprint density at radius 1 is 1.21 bits per heavy atom. The van der Waals surface area contributed by atoms with Gasteiger partial charge in [0.15, 0.2) is 5.76 Å². The molecule has 4 rings (SSSR count). The zero-order valence-electron chi connectivity index (χ0n) is 15.8. The van der Waals surface area contributed by atoms with E-state index in [1.165, 1.54) is 28.4 Å². The standard InChI is InChI=1S/C19H21N3O5S2/c1-13-12-28-17-5-4-14(11-15(17)20-18(13)23)29(25,26)22-8-6-21(7-9-22)19(24)16-3-2-10-27-16/h2-5,10-11,13H,6-9,12H2,1H3,(H,20,23). The molecular formula is C19H21N3O5S2. The first-order valence-electron chi connectivity index (χ1n) is 9.27. The Hall–Kier alpha value is -2.30. The van der Waals surface area contributed by atoms with Crippen LogP contribution in [0.25, 0.3) is 0 Å². The van der Waals surface area contributed by atoms with Crippen molar-refractivity contribution >= 4 is 39.3 Å². The number of hydrogen-bond donors (Lipinski definition) is 1. The first kappa shape index (κ1) is 20.0.